The third-order valence-electron chi connectivity index (χ3n) is 3.86. The minimum Gasteiger partial charge on any atom is -0.384 e. The van der Waals surface area contributed by atoms with Crippen LogP contribution in [-0.2, 0) is 6.54 Å². The molecule has 2 N–H and O–H groups in total. The fourth-order valence-electron chi connectivity index (χ4n) is 2.62. The molecule has 2 aromatic rings. The molecule has 1 aliphatic heterocycles. The SMILES string of the molecule is Nc1ccc(N2CCN(Cc3ccccc3F)CC2)cn1. The summed E-state index contributed by atoms with van der Waals surface area (Å²) >= 11 is 0. The van der Waals surface area contributed by atoms with Crippen LogP contribution in [0.1, 0.15) is 5.56 Å². The van der Waals surface area contributed by atoms with Gasteiger partial charge in [0.2, 0.25) is 0 Å². The fraction of sp³-hybridized carbons (Fsp3) is 0.312. The largest absolute Gasteiger partial charge is 0.384 e. The van der Waals surface area contributed by atoms with E-state index in [1.165, 1.54) is 6.07 Å². The second-order valence-corrected chi connectivity index (χ2v) is 5.30. The van der Waals surface area contributed by atoms with Crippen LogP contribution in [0.5, 0.6) is 0 Å². The van der Waals surface area contributed by atoms with Gasteiger partial charge in [-0.05, 0) is 18.2 Å². The first-order valence-corrected chi connectivity index (χ1v) is 7.14. The van der Waals surface area contributed by atoms with Crippen LogP contribution in [0.3, 0.4) is 0 Å². The molecule has 2 heterocycles. The lowest BCUT2D eigenvalue weighted by Crippen LogP contribution is -2.46. The molecule has 4 nitrogen and oxygen atoms in total. The van der Waals surface area contributed by atoms with Gasteiger partial charge in [0.05, 0.1) is 11.9 Å². The predicted molar refractivity (Wildman–Crippen MR) is 82.5 cm³/mol. The summed E-state index contributed by atoms with van der Waals surface area (Å²) in [5, 5.41) is 0. The Bertz CT molecular complexity index is 591. The molecular formula is C16H19FN4. The number of hydrogen-bond donors (Lipinski definition) is 1. The zero-order valence-corrected chi connectivity index (χ0v) is 11.9. The lowest BCUT2D eigenvalue weighted by atomic mass is 10.2. The van der Waals surface area contributed by atoms with E-state index in [4.69, 9.17) is 5.73 Å². The molecule has 0 amide bonds. The van der Waals surface area contributed by atoms with Gasteiger partial charge < -0.3 is 10.6 Å². The number of nitrogens with two attached hydrogens (primary N) is 1. The summed E-state index contributed by atoms with van der Waals surface area (Å²) in [6.07, 6.45) is 1.81. The van der Waals surface area contributed by atoms with Crippen LogP contribution in [0, 0.1) is 5.82 Å². The molecule has 1 aliphatic rings. The van der Waals surface area contributed by atoms with Gasteiger partial charge in [-0.2, -0.15) is 0 Å². The quantitative estimate of drug-likeness (QED) is 0.939. The molecule has 1 saturated heterocycles. The highest BCUT2D eigenvalue weighted by Gasteiger charge is 2.18. The van der Waals surface area contributed by atoms with Crippen molar-refractivity contribution in [3.8, 4) is 0 Å². The van der Waals surface area contributed by atoms with Crippen molar-refractivity contribution in [3.63, 3.8) is 0 Å². The first-order valence-electron chi connectivity index (χ1n) is 7.14. The zero-order chi connectivity index (χ0) is 14.7. The number of nitrogen functional groups attached to an aromatic ring is 1. The summed E-state index contributed by atoms with van der Waals surface area (Å²) < 4.78 is 13.7. The summed E-state index contributed by atoms with van der Waals surface area (Å²) in [4.78, 5) is 8.69. The van der Waals surface area contributed by atoms with Gasteiger partial charge in [-0.3, -0.25) is 4.90 Å². The van der Waals surface area contributed by atoms with E-state index in [2.05, 4.69) is 14.8 Å². The van der Waals surface area contributed by atoms with E-state index >= 15 is 0 Å². The number of hydrogen-bond acceptors (Lipinski definition) is 4. The van der Waals surface area contributed by atoms with Crippen LogP contribution in [0.4, 0.5) is 15.9 Å². The highest BCUT2D eigenvalue weighted by atomic mass is 19.1. The summed E-state index contributed by atoms with van der Waals surface area (Å²) in [7, 11) is 0. The van der Waals surface area contributed by atoms with E-state index in [9.17, 15) is 4.39 Å². The molecule has 110 valence electrons. The van der Waals surface area contributed by atoms with Gasteiger partial charge in [0, 0.05) is 38.3 Å². The summed E-state index contributed by atoms with van der Waals surface area (Å²) in [6, 6.07) is 10.8. The van der Waals surface area contributed by atoms with E-state index in [0.29, 0.717) is 12.4 Å². The lowest BCUT2D eigenvalue weighted by molar-refractivity contribution is 0.246. The highest BCUT2D eigenvalue weighted by Crippen LogP contribution is 2.17. The molecule has 0 unspecified atom stereocenters. The van der Waals surface area contributed by atoms with Gasteiger partial charge in [0.25, 0.3) is 0 Å². The van der Waals surface area contributed by atoms with Crippen molar-refractivity contribution < 1.29 is 4.39 Å². The van der Waals surface area contributed by atoms with Gasteiger partial charge in [0.1, 0.15) is 11.6 Å². The fourth-order valence-corrected chi connectivity index (χ4v) is 2.62. The number of nitrogens with zero attached hydrogens (tertiary/aromatic N) is 3. The topological polar surface area (TPSA) is 45.4 Å². The smallest absolute Gasteiger partial charge is 0.127 e. The normalized spacial score (nSPS) is 16.1. The maximum Gasteiger partial charge on any atom is 0.127 e. The predicted octanol–water partition coefficient (Wildman–Crippen LogP) is 2.13. The third-order valence-corrected chi connectivity index (χ3v) is 3.86. The van der Waals surface area contributed by atoms with E-state index < -0.39 is 0 Å². The van der Waals surface area contributed by atoms with Crippen LogP contribution in [0.15, 0.2) is 42.6 Å². The molecule has 1 aromatic carbocycles. The highest BCUT2D eigenvalue weighted by molar-refractivity contribution is 5.48. The number of piperazine rings is 1. The second kappa shape index (κ2) is 6.10. The monoisotopic (exact) mass is 286 g/mol. The van der Waals surface area contributed by atoms with Gasteiger partial charge in [0.15, 0.2) is 0 Å². The second-order valence-electron chi connectivity index (χ2n) is 5.30. The van der Waals surface area contributed by atoms with Crippen molar-refractivity contribution >= 4 is 11.5 Å². The Labute approximate surface area is 124 Å². The molecule has 3 rings (SSSR count). The van der Waals surface area contributed by atoms with E-state index in [1.54, 1.807) is 6.07 Å². The Balaban J connectivity index is 1.58. The number of halogens is 1. The van der Waals surface area contributed by atoms with Crippen LogP contribution in [-0.4, -0.2) is 36.1 Å². The maximum atomic E-state index is 13.7. The summed E-state index contributed by atoms with van der Waals surface area (Å²) in [5.41, 5.74) is 7.46. The standard InChI is InChI=1S/C16H19FN4/c17-15-4-2-1-3-13(15)12-20-7-9-21(10-8-20)14-5-6-16(18)19-11-14/h1-6,11H,7-10,12H2,(H2,18,19). The molecule has 21 heavy (non-hydrogen) atoms. The number of aromatic nitrogens is 1. The van der Waals surface area contributed by atoms with Crippen molar-refractivity contribution in [2.45, 2.75) is 6.54 Å². The maximum absolute atomic E-state index is 13.7. The molecule has 0 saturated carbocycles. The van der Waals surface area contributed by atoms with Crippen LogP contribution < -0.4 is 10.6 Å². The Hall–Kier alpha value is -2.14. The molecule has 1 fully saturated rings. The molecular weight excluding hydrogens is 267 g/mol. The minimum atomic E-state index is -0.123. The molecule has 0 aliphatic carbocycles. The average molecular weight is 286 g/mol. The first kappa shape index (κ1) is 13.8. The van der Waals surface area contributed by atoms with Crippen LogP contribution in [0.25, 0.3) is 0 Å². The van der Waals surface area contributed by atoms with Crippen molar-refractivity contribution in [1.29, 1.82) is 0 Å². The number of benzene rings is 1. The van der Waals surface area contributed by atoms with Crippen molar-refractivity contribution in [2.75, 3.05) is 36.8 Å². The lowest BCUT2D eigenvalue weighted by Gasteiger charge is -2.36. The third kappa shape index (κ3) is 3.31. The number of rotatable bonds is 3. The molecule has 0 spiro atoms. The van der Waals surface area contributed by atoms with E-state index in [-0.39, 0.29) is 5.82 Å². The Kier molecular flexibility index (Phi) is 4.01. The van der Waals surface area contributed by atoms with Gasteiger partial charge in [-0.1, -0.05) is 18.2 Å². The zero-order valence-electron chi connectivity index (χ0n) is 11.9. The van der Waals surface area contributed by atoms with Crippen molar-refractivity contribution in [1.82, 2.24) is 9.88 Å². The summed E-state index contributed by atoms with van der Waals surface area (Å²) in [6.45, 7) is 4.33. The molecule has 0 radical (unpaired) electrons. The summed E-state index contributed by atoms with van der Waals surface area (Å²) in [5.74, 6) is 0.416. The first-order chi connectivity index (χ1) is 10.2. The minimum absolute atomic E-state index is 0.123. The average Bonchev–Trinajstić information content (AvgIpc) is 2.51. The van der Waals surface area contributed by atoms with Crippen molar-refractivity contribution in [3.05, 3.63) is 54.0 Å². The molecule has 1 aromatic heterocycles. The van der Waals surface area contributed by atoms with Crippen molar-refractivity contribution in [2.24, 2.45) is 0 Å². The van der Waals surface area contributed by atoms with Gasteiger partial charge in [-0.15, -0.1) is 0 Å². The Morgan fingerprint density at radius 1 is 1.05 bits per heavy atom. The Morgan fingerprint density at radius 3 is 2.48 bits per heavy atom. The van der Waals surface area contributed by atoms with E-state index in [1.807, 2.05) is 30.5 Å². The van der Waals surface area contributed by atoms with E-state index in [0.717, 1.165) is 37.4 Å². The number of anilines is 2. The van der Waals surface area contributed by atoms with Gasteiger partial charge in [-0.25, -0.2) is 9.37 Å². The molecule has 0 bridgehead atoms. The number of pyridine rings is 1. The van der Waals surface area contributed by atoms with Crippen LogP contribution >= 0.6 is 0 Å². The Morgan fingerprint density at radius 2 is 1.81 bits per heavy atom. The molecule has 0 atom stereocenters. The van der Waals surface area contributed by atoms with Gasteiger partial charge >= 0.3 is 0 Å². The van der Waals surface area contributed by atoms with Crippen LogP contribution in [0.2, 0.25) is 0 Å². The molecule has 5 heteroatoms.